The van der Waals surface area contributed by atoms with Crippen LogP contribution >= 0.6 is 0 Å². The first-order valence-corrected chi connectivity index (χ1v) is 7.87. The van der Waals surface area contributed by atoms with E-state index < -0.39 is 5.60 Å². The average molecular weight is 315 g/mol. The maximum atomic E-state index is 12.7. The van der Waals surface area contributed by atoms with E-state index in [9.17, 15) is 4.79 Å². The van der Waals surface area contributed by atoms with Crippen molar-refractivity contribution >= 4 is 11.7 Å². The fraction of sp³-hybridized carbons (Fsp3) is 0.562. The van der Waals surface area contributed by atoms with Gasteiger partial charge in [0.15, 0.2) is 5.60 Å². The van der Waals surface area contributed by atoms with Crippen molar-refractivity contribution < 1.29 is 9.53 Å². The average Bonchev–Trinajstić information content (AvgIpc) is 2.62. The SMILES string of the molecule is CC1(C(=O)N2CCN(c3ccc(C#N)cn3)CC2)CNCCO1. The highest BCUT2D eigenvalue weighted by Gasteiger charge is 2.40. The molecule has 2 saturated heterocycles. The lowest BCUT2D eigenvalue weighted by Gasteiger charge is -2.41. The lowest BCUT2D eigenvalue weighted by molar-refractivity contribution is -0.159. The Morgan fingerprint density at radius 3 is 2.74 bits per heavy atom. The fourth-order valence-electron chi connectivity index (χ4n) is 2.98. The number of nitrogens with zero attached hydrogens (tertiary/aromatic N) is 4. The maximum absolute atomic E-state index is 12.7. The van der Waals surface area contributed by atoms with Gasteiger partial charge in [-0.2, -0.15) is 5.26 Å². The van der Waals surface area contributed by atoms with Crippen LogP contribution in [0.5, 0.6) is 0 Å². The first-order valence-electron chi connectivity index (χ1n) is 7.87. The predicted octanol–water partition coefficient (Wildman–Crippen LogP) is -0.0196. The number of hydrogen-bond acceptors (Lipinski definition) is 6. The van der Waals surface area contributed by atoms with Gasteiger partial charge in [-0.1, -0.05) is 0 Å². The number of nitrogens with one attached hydrogen (secondary N) is 1. The summed E-state index contributed by atoms with van der Waals surface area (Å²) in [4.78, 5) is 21.0. The summed E-state index contributed by atoms with van der Waals surface area (Å²) in [5.41, 5.74) is -0.204. The number of carbonyl (C=O) groups is 1. The van der Waals surface area contributed by atoms with Crippen molar-refractivity contribution in [1.82, 2.24) is 15.2 Å². The third-order valence-electron chi connectivity index (χ3n) is 4.38. The lowest BCUT2D eigenvalue weighted by atomic mass is 10.0. The van der Waals surface area contributed by atoms with Crippen LogP contribution in [-0.4, -0.2) is 67.3 Å². The number of ether oxygens (including phenoxy) is 1. The highest BCUT2D eigenvalue weighted by molar-refractivity contribution is 5.85. The molecular formula is C16H21N5O2. The van der Waals surface area contributed by atoms with Crippen LogP contribution in [0.1, 0.15) is 12.5 Å². The van der Waals surface area contributed by atoms with Crippen LogP contribution in [-0.2, 0) is 9.53 Å². The summed E-state index contributed by atoms with van der Waals surface area (Å²) in [7, 11) is 0. The van der Waals surface area contributed by atoms with E-state index in [2.05, 4.69) is 21.3 Å². The molecule has 23 heavy (non-hydrogen) atoms. The Bertz CT molecular complexity index is 596. The number of pyridine rings is 1. The van der Waals surface area contributed by atoms with Crippen LogP contribution in [0, 0.1) is 11.3 Å². The molecular weight excluding hydrogens is 294 g/mol. The van der Waals surface area contributed by atoms with Crippen molar-refractivity contribution in [3.05, 3.63) is 23.9 Å². The summed E-state index contributed by atoms with van der Waals surface area (Å²) in [5.74, 6) is 0.898. The minimum absolute atomic E-state index is 0.0529. The number of hydrogen-bond donors (Lipinski definition) is 1. The van der Waals surface area contributed by atoms with E-state index in [0.29, 0.717) is 31.8 Å². The second-order valence-corrected chi connectivity index (χ2v) is 6.05. The molecule has 7 heteroatoms. The first kappa shape index (κ1) is 15.7. The van der Waals surface area contributed by atoms with E-state index in [0.717, 1.165) is 25.5 Å². The Morgan fingerprint density at radius 2 is 2.17 bits per heavy atom. The zero-order valence-corrected chi connectivity index (χ0v) is 13.3. The van der Waals surface area contributed by atoms with E-state index in [-0.39, 0.29) is 5.91 Å². The molecule has 0 radical (unpaired) electrons. The first-order chi connectivity index (χ1) is 11.1. The highest BCUT2D eigenvalue weighted by Crippen LogP contribution is 2.19. The van der Waals surface area contributed by atoms with Crippen molar-refractivity contribution in [3.63, 3.8) is 0 Å². The Hall–Kier alpha value is -2.17. The van der Waals surface area contributed by atoms with Crippen LogP contribution < -0.4 is 10.2 Å². The molecule has 0 spiro atoms. The lowest BCUT2D eigenvalue weighted by Crippen LogP contribution is -2.61. The minimum atomic E-state index is -0.757. The van der Waals surface area contributed by atoms with Crippen LogP contribution in [0.2, 0.25) is 0 Å². The van der Waals surface area contributed by atoms with Gasteiger partial charge < -0.3 is 19.9 Å². The topological polar surface area (TPSA) is 81.5 Å². The van der Waals surface area contributed by atoms with Gasteiger partial charge in [0.2, 0.25) is 0 Å². The summed E-state index contributed by atoms with van der Waals surface area (Å²) in [6, 6.07) is 5.68. The summed E-state index contributed by atoms with van der Waals surface area (Å²) in [6.07, 6.45) is 1.58. The van der Waals surface area contributed by atoms with Gasteiger partial charge in [-0.15, -0.1) is 0 Å². The van der Waals surface area contributed by atoms with Gasteiger partial charge in [0, 0.05) is 45.5 Å². The fourth-order valence-corrected chi connectivity index (χ4v) is 2.98. The second kappa shape index (κ2) is 6.52. The van der Waals surface area contributed by atoms with Gasteiger partial charge in [0.05, 0.1) is 12.2 Å². The minimum Gasteiger partial charge on any atom is -0.363 e. The number of carbonyl (C=O) groups excluding carboxylic acids is 1. The van der Waals surface area contributed by atoms with Crippen LogP contribution in [0.15, 0.2) is 18.3 Å². The molecule has 1 atom stereocenters. The molecule has 7 nitrogen and oxygen atoms in total. The Balaban J connectivity index is 1.59. The normalized spacial score (nSPS) is 25.0. The third kappa shape index (κ3) is 3.28. The zero-order chi connectivity index (χ0) is 16.3. The molecule has 2 aliphatic rings. The smallest absolute Gasteiger partial charge is 0.255 e. The van der Waals surface area contributed by atoms with Crippen molar-refractivity contribution in [3.8, 4) is 6.07 Å². The Labute approximate surface area is 135 Å². The monoisotopic (exact) mass is 315 g/mol. The van der Waals surface area contributed by atoms with Crippen LogP contribution in [0.25, 0.3) is 0 Å². The summed E-state index contributed by atoms with van der Waals surface area (Å²) >= 11 is 0. The Kier molecular flexibility index (Phi) is 4.46. The molecule has 0 bridgehead atoms. The molecule has 3 heterocycles. The van der Waals surface area contributed by atoms with Crippen molar-refractivity contribution in [2.24, 2.45) is 0 Å². The van der Waals surface area contributed by atoms with Gasteiger partial charge in [0.1, 0.15) is 11.9 Å². The van der Waals surface area contributed by atoms with Gasteiger partial charge in [0.25, 0.3) is 5.91 Å². The van der Waals surface area contributed by atoms with Gasteiger partial charge >= 0.3 is 0 Å². The van der Waals surface area contributed by atoms with E-state index in [1.165, 1.54) is 0 Å². The van der Waals surface area contributed by atoms with Gasteiger partial charge in [-0.05, 0) is 19.1 Å². The van der Waals surface area contributed by atoms with Crippen molar-refractivity contribution in [1.29, 1.82) is 5.26 Å². The summed E-state index contributed by atoms with van der Waals surface area (Å²) < 4.78 is 5.71. The number of rotatable bonds is 2. The van der Waals surface area contributed by atoms with E-state index in [4.69, 9.17) is 10.00 Å². The predicted molar refractivity (Wildman–Crippen MR) is 85.0 cm³/mol. The number of nitriles is 1. The molecule has 1 aromatic rings. The molecule has 122 valence electrons. The molecule has 2 aliphatic heterocycles. The molecule has 1 N–H and O–H groups in total. The molecule has 1 aromatic heterocycles. The maximum Gasteiger partial charge on any atom is 0.255 e. The largest absolute Gasteiger partial charge is 0.363 e. The van der Waals surface area contributed by atoms with Crippen molar-refractivity contribution in [2.75, 3.05) is 50.8 Å². The molecule has 0 aliphatic carbocycles. The molecule has 0 aromatic carbocycles. The number of anilines is 1. The number of piperazine rings is 1. The zero-order valence-electron chi connectivity index (χ0n) is 13.3. The molecule has 1 unspecified atom stereocenters. The Morgan fingerprint density at radius 1 is 1.39 bits per heavy atom. The van der Waals surface area contributed by atoms with Gasteiger partial charge in [-0.3, -0.25) is 4.79 Å². The molecule has 2 fully saturated rings. The molecule has 3 rings (SSSR count). The molecule has 1 amide bonds. The third-order valence-corrected chi connectivity index (χ3v) is 4.38. The standard InChI is InChI=1S/C16H21N5O2/c1-16(12-18-4-9-23-16)15(22)21-7-5-20(6-8-21)14-3-2-13(10-17)11-19-14/h2-3,11,18H,4-9,12H2,1H3. The highest BCUT2D eigenvalue weighted by atomic mass is 16.5. The van der Waals surface area contributed by atoms with Crippen LogP contribution in [0.4, 0.5) is 5.82 Å². The second-order valence-electron chi connectivity index (χ2n) is 6.05. The summed E-state index contributed by atoms with van der Waals surface area (Å²) in [5, 5.41) is 12.0. The van der Waals surface area contributed by atoms with Crippen LogP contribution in [0.3, 0.4) is 0 Å². The molecule has 0 saturated carbocycles. The van der Waals surface area contributed by atoms with E-state index >= 15 is 0 Å². The van der Waals surface area contributed by atoms with Gasteiger partial charge in [-0.25, -0.2) is 4.98 Å². The van der Waals surface area contributed by atoms with E-state index in [1.54, 1.807) is 12.3 Å². The summed E-state index contributed by atoms with van der Waals surface area (Å²) in [6.45, 7) is 6.54. The quantitative estimate of drug-likeness (QED) is 0.826. The van der Waals surface area contributed by atoms with Crippen molar-refractivity contribution in [2.45, 2.75) is 12.5 Å². The number of morpholine rings is 1. The van der Waals surface area contributed by atoms with E-state index in [1.807, 2.05) is 17.9 Å². The number of amides is 1. The number of aromatic nitrogens is 1.